The minimum absolute atomic E-state index is 0.0302. The summed E-state index contributed by atoms with van der Waals surface area (Å²) in [6.07, 6.45) is 3.79. The molecule has 2 heterocycles. The summed E-state index contributed by atoms with van der Waals surface area (Å²) in [4.78, 5) is 20.5. The molecule has 1 N–H and O–H groups in total. The molecule has 1 aromatic rings. The summed E-state index contributed by atoms with van der Waals surface area (Å²) >= 11 is 0. The fourth-order valence-electron chi connectivity index (χ4n) is 4.04. The van der Waals surface area contributed by atoms with Crippen molar-refractivity contribution in [3.05, 3.63) is 29.8 Å². The second-order valence-electron chi connectivity index (χ2n) is 7.86. The molecule has 1 fully saturated rings. The van der Waals surface area contributed by atoms with Crippen LogP contribution in [0, 0.1) is 0 Å². The van der Waals surface area contributed by atoms with Crippen LogP contribution in [0.5, 0.6) is 0 Å². The van der Waals surface area contributed by atoms with Gasteiger partial charge in [-0.05, 0) is 24.5 Å². The highest BCUT2D eigenvalue weighted by Crippen LogP contribution is 2.38. The molecule has 0 radical (unpaired) electrons. The maximum absolute atomic E-state index is 11.9. The van der Waals surface area contributed by atoms with Crippen molar-refractivity contribution >= 4 is 27.4 Å². The van der Waals surface area contributed by atoms with Crippen LogP contribution in [0.25, 0.3) is 0 Å². The molecule has 3 rings (SSSR count). The maximum Gasteiger partial charge on any atom is 0.222 e. The molecule has 1 aromatic carbocycles. The maximum atomic E-state index is 11.9. The summed E-state index contributed by atoms with van der Waals surface area (Å²) in [6, 6.07) is 8.35. The predicted octanol–water partition coefficient (Wildman–Crippen LogP) is 1.24. The first-order valence-corrected chi connectivity index (χ1v) is 12.6. The number of hydrogen-bond acceptors (Lipinski definition) is 5. The van der Waals surface area contributed by atoms with Crippen molar-refractivity contribution in [2.45, 2.75) is 25.2 Å². The number of sulfone groups is 1. The third-order valence-electron chi connectivity index (χ3n) is 5.58. The molecule has 0 bridgehead atoms. The van der Waals surface area contributed by atoms with Gasteiger partial charge in [0.05, 0.1) is 19.0 Å². The Hall–Kier alpha value is -2.13. The van der Waals surface area contributed by atoms with Crippen LogP contribution in [0.3, 0.4) is 0 Å². The van der Waals surface area contributed by atoms with Gasteiger partial charge in [-0.15, -0.1) is 0 Å². The molecule has 0 spiro atoms. The Bertz CT molecular complexity index is 872. The number of likely N-dealkylation sites (tertiary alicyclic amines) is 1. The number of fused-ring (bicyclic) bond motifs is 1. The van der Waals surface area contributed by atoms with Gasteiger partial charge in [0.15, 0.2) is 5.96 Å². The fraction of sp³-hybridized carbons (Fsp3) is 0.619. The standard InChI is InChI=1S/C21H32N4O4S/c1-22-21(23-10-13-29-14-15-30(2,27)28)25-16-17(18-6-3-4-7-19(18)25)9-12-24-11-5-8-20(24)26/h3-4,6-7,17H,5,8-16H2,1-2H3,(H,22,23). The lowest BCUT2D eigenvalue weighted by Gasteiger charge is -2.23. The first kappa shape index (κ1) is 22.6. The quantitative estimate of drug-likeness (QED) is 0.356. The summed E-state index contributed by atoms with van der Waals surface area (Å²) in [7, 11) is -1.25. The van der Waals surface area contributed by atoms with E-state index in [1.807, 2.05) is 11.0 Å². The van der Waals surface area contributed by atoms with Crippen LogP contribution in [0.2, 0.25) is 0 Å². The Labute approximate surface area is 179 Å². The van der Waals surface area contributed by atoms with E-state index in [2.05, 4.69) is 33.4 Å². The van der Waals surface area contributed by atoms with Gasteiger partial charge in [-0.2, -0.15) is 0 Å². The zero-order valence-corrected chi connectivity index (χ0v) is 18.7. The lowest BCUT2D eigenvalue weighted by Crippen LogP contribution is -2.42. The van der Waals surface area contributed by atoms with Crippen molar-refractivity contribution < 1.29 is 17.9 Å². The molecule has 8 nitrogen and oxygen atoms in total. The van der Waals surface area contributed by atoms with Crippen LogP contribution < -0.4 is 10.2 Å². The number of amides is 1. The lowest BCUT2D eigenvalue weighted by molar-refractivity contribution is -0.127. The number of nitrogens with one attached hydrogen (secondary N) is 1. The third kappa shape index (κ3) is 5.95. The molecule has 1 unspecified atom stereocenters. The molecule has 0 aromatic heterocycles. The van der Waals surface area contributed by atoms with Gasteiger partial charge in [0.2, 0.25) is 5.91 Å². The van der Waals surface area contributed by atoms with Gasteiger partial charge < -0.3 is 19.9 Å². The van der Waals surface area contributed by atoms with E-state index >= 15 is 0 Å². The zero-order chi connectivity index (χ0) is 21.6. The zero-order valence-electron chi connectivity index (χ0n) is 17.8. The van der Waals surface area contributed by atoms with Gasteiger partial charge in [-0.1, -0.05) is 18.2 Å². The van der Waals surface area contributed by atoms with E-state index in [1.54, 1.807) is 7.05 Å². The topological polar surface area (TPSA) is 91.3 Å². The number of guanidine groups is 1. The smallest absolute Gasteiger partial charge is 0.222 e. The van der Waals surface area contributed by atoms with E-state index < -0.39 is 9.84 Å². The number of anilines is 1. The molecule has 30 heavy (non-hydrogen) atoms. The first-order chi connectivity index (χ1) is 14.4. The number of carbonyl (C=O) groups is 1. The summed E-state index contributed by atoms with van der Waals surface area (Å²) in [5.41, 5.74) is 2.43. The second-order valence-corrected chi connectivity index (χ2v) is 10.1. The number of rotatable bonds is 9. The van der Waals surface area contributed by atoms with Gasteiger partial charge >= 0.3 is 0 Å². The van der Waals surface area contributed by atoms with Crippen LogP contribution in [0.4, 0.5) is 5.69 Å². The number of para-hydroxylation sites is 1. The van der Waals surface area contributed by atoms with E-state index in [-0.39, 0.29) is 18.3 Å². The van der Waals surface area contributed by atoms with E-state index in [4.69, 9.17) is 4.74 Å². The summed E-state index contributed by atoms with van der Waals surface area (Å²) in [5.74, 6) is 1.42. The molecular weight excluding hydrogens is 404 g/mol. The Kier molecular flexibility index (Phi) is 7.71. The largest absolute Gasteiger partial charge is 0.379 e. The van der Waals surface area contributed by atoms with Crippen molar-refractivity contribution in [2.75, 3.05) is 63.3 Å². The average molecular weight is 437 g/mol. The monoisotopic (exact) mass is 436 g/mol. The van der Waals surface area contributed by atoms with Crippen molar-refractivity contribution in [2.24, 2.45) is 4.99 Å². The molecule has 1 saturated heterocycles. The van der Waals surface area contributed by atoms with Crippen LogP contribution in [-0.2, 0) is 19.4 Å². The first-order valence-electron chi connectivity index (χ1n) is 10.5. The van der Waals surface area contributed by atoms with E-state index in [0.29, 0.717) is 25.5 Å². The van der Waals surface area contributed by atoms with Crippen LogP contribution in [0.15, 0.2) is 29.3 Å². The molecule has 2 aliphatic heterocycles. The van der Waals surface area contributed by atoms with Crippen molar-refractivity contribution in [1.29, 1.82) is 0 Å². The lowest BCUT2D eigenvalue weighted by atomic mass is 9.98. The van der Waals surface area contributed by atoms with E-state index in [9.17, 15) is 13.2 Å². The molecule has 166 valence electrons. The van der Waals surface area contributed by atoms with Crippen LogP contribution in [-0.4, -0.2) is 83.6 Å². The molecular formula is C21H32N4O4S. The van der Waals surface area contributed by atoms with Crippen molar-refractivity contribution in [1.82, 2.24) is 10.2 Å². The number of nitrogens with zero attached hydrogens (tertiary/aromatic N) is 3. The third-order valence-corrected chi connectivity index (χ3v) is 6.49. The number of aliphatic imine (C=N–C) groups is 1. The van der Waals surface area contributed by atoms with Crippen LogP contribution in [0.1, 0.15) is 30.7 Å². The second kappa shape index (κ2) is 10.3. The minimum atomic E-state index is -3.00. The minimum Gasteiger partial charge on any atom is -0.379 e. The molecule has 1 amide bonds. The fourth-order valence-corrected chi connectivity index (χ4v) is 4.46. The van der Waals surface area contributed by atoms with Gasteiger partial charge in [0.25, 0.3) is 0 Å². The van der Waals surface area contributed by atoms with Gasteiger partial charge in [-0.3, -0.25) is 9.79 Å². The van der Waals surface area contributed by atoms with Gasteiger partial charge in [0.1, 0.15) is 9.84 Å². The van der Waals surface area contributed by atoms with E-state index in [0.717, 1.165) is 44.1 Å². The Morgan fingerprint density at radius 3 is 2.80 bits per heavy atom. The highest BCUT2D eigenvalue weighted by atomic mass is 32.2. The highest BCUT2D eigenvalue weighted by molar-refractivity contribution is 7.90. The molecule has 9 heteroatoms. The molecule has 2 aliphatic rings. The Morgan fingerprint density at radius 1 is 1.30 bits per heavy atom. The summed E-state index contributed by atoms with van der Waals surface area (Å²) in [6.45, 7) is 3.64. The van der Waals surface area contributed by atoms with Gasteiger partial charge in [-0.25, -0.2) is 8.42 Å². The Morgan fingerprint density at radius 2 is 2.10 bits per heavy atom. The van der Waals surface area contributed by atoms with Crippen LogP contribution >= 0.6 is 0 Å². The molecule has 0 aliphatic carbocycles. The van der Waals surface area contributed by atoms with Crippen molar-refractivity contribution in [3.8, 4) is 0 Å². The molecule has 0 saturated carbocycles. The Balaban J connectivity index is 1.54. The van der Waals surface area contributed by atoms with Gasteiger partial charge in [0, 0.05) is 57.5 Å². The SMILES string of the molecule is CN=C(NCCOCCS(C)(=O)=O)N1CC(CCN2CCCC2=O)c2ccccc21. The molecule has 1 atom stereocenters. The van der Waals surface area contributed by atoms with Crippen molar-refractivity contribution in [3.63, 3.8) is 0 Å². The summed E-state index contributed by atoms with van der Waals surface area (Å²) in [5, 5.41) is 3.31. The predicted molar refractivity (Wildman–Crippen MR) is 119 cm³/mol. The number of benzene rings is 1. The normalized spacial score (nSPS) is 19.5. The summed E-state index contributed by atoms with van der Waals surface area (Å²) < 4.78 is 27.7. The highest BCUT2D eigenvalue weighted by Gasteiger charge is 2.31. The number of hydrogen-bond donors (Lipinski definition) is 1. The van der Waals surface area contributed by atoms with E-state index in [1.165, 1.54) is 11.8 Å². The number of ether oxygens (including phenoxy) is 1. The number of carbonyl (C=O) groups excluding carboxylic acids is 1. The average Bonchev–Trinajstić information content (AvgIpc) is 3.28.